The van der Waals surface area contributed by atoms with E-state index in [2.05, 4.69) is 43.4 Å². The van der Waals surface area contributed by atoms with Crippen LogP contribution in [0, 0.1) is 20.8 Å². The zero-order chi connectivity index (χ0) is 15.9. The van der Waals surface area contributed by atoms with E-state index >= 15 is 0 Å². The second-order valence-electron chi connectivity index (χ2n) is 5.92. The number of benzene rings is 3. The fourth-order valence-electron chi connectivity index (χ4n) is 2.68. The van der Waals surface area contributed by atoms with Crippen LogP contribution in [0.1, 0.15) is 16.7 Å². The molecule has 3 rings (SSSR count). The summed E-state index contributed by atoms with van der Waals surface area (Å²) in [5, 5.41) is 5.86. The molecule has 5 N–H and O–H groups in total. The number of nitrogens with two attached hydrogens (primary N) is 2. The molecule has 0 aliphatic rings. The Morgan fingerprint density at radius 3 is 2.14 bits per heavy atom. The highest BCUT2D eigenvalue weighted by Gasteiger charge is 2.06. The highest BCUT2D eigenvalue weighted by atomic mass is 14.9. The van der Waals surface area contributed by atoms with Gasteiger partial charge in [0.25, 0.3) is 0 Å². The molecule has 0 amide bonds. The lowest BCUT2D eigenvalue weighted by atomic mass is 10.0. The van der Waals surface area contributed by atoms with Gasteiger partial charge < -0.3 is 16.8 Å². The molecule has 3 aromatic rings. The average Bonchev–Trinajstić information content (AvgIpc) is 2.45. The monoisotopic (exact) mass is 291 g/mol. The summed E-state index contributed by atoms with van der Waals surface area (Å²) in [7, 11) is 0. The molecule has 0 heterocycles. The van der Waals surface area contributed by atoms with E-state index in [4.69, 9.17) is 11.5 Å². The zero-order valence-corrected chi connectivity index (χ0v) is 13.2. The molecule has 3 aromatic carbocycles. The van der Waals surface area contributed by atoms with Crippen LogP contribution in [-0.2, 0) is 0 Å². The van der Waals surface area contributed by atoms with Crippen molar-refractivity contribution in [3.63, 3.8) is 0 Å². The van der Waals surface area contributed by atoms with Gasteiger partial charge in [0.2, 0.25) is 0 Å². The lowest BCUT2D eigenvalue weighted by molar-refractivity contribution is 1.37. The Morgan fingerprint density at radius 1 is 0.682 bits per heavy atom. The Balaban J connectivity index is 2.05. The molecule has 0 bridgehead atoms. The molecule has 0 atom stereocenters. The highest BCUT2D eigenvalue weighted by molar-refractivity contribution is 5.90. The maximum absolute atomic E-state index is 5.96. The Bertz CT molecular complexity index is 866. The van der Waals surface area contributed by atoms with Gasteiger partial charge in [-0.1, -0.05) is 6.07 Å². The van der Waals surface area contributed by atoms with Crippen molar-refractivity contribution in [2.24, 2.45) is 0 Å². The second-order valence-corrected chi connectivity index (χ2v) is 5.92. The molecular weight excluding hydrogens is 270 g/mol. The third-order valence-corrected chi connectivity index (χ3v) is 4.09. The SMILES string of the molecule is Cc1cc(Nc2cc3ccc(N)cc3cc2C)c(C)cc1N. The number of nitrogen functional groups attached to an aromatic ring is 2. The second kappa shape index (κ2) is 5.26. The van der Waals surface area contributed by atoms with Crippen molar-refractivity contribution in [2.75, 3.05) is 16.8 Å². The summed E-state index contributed by atoms with van der Waals surface area (Å²) in [5.41, 5.74) is 19.0. The predicted molar refractivity (Wildman–Crippen MR) is 96.7 cm³/mol. The molecule has 0 spiro atoms. The van der Waals surface area contributed by atoms with Crippen molar-refractivity contribution in [2.45, 2.75) is 20.8 Å². The van der Waals surface area contributed by atoms with Crippen LogP contribution in [0.4, 0.5) is 22.7 Å². The summed E-state index contributed by atoms with van der Waals surface area (Å²) in [6.45, 7) is 6.19. The standard InChI is InChI=1S/C19H21N3/c1-11-8-18(13(3)7-17(11)21)22-19-10-14-4-5-16(20)9-15(14)6-12(19)2/h4-10,22H,20-21H2,1-3H3. The van der Waals surface area contributed by atoms with Crippen LogP contribution in [0.15, 0.2) is 42.5 Å². The first-order chi connectivity index (χ1) is 10.4. The number of nitrogens with one attached hydrogen (secondary N) is 1. The first-order valence-electron chi connectivity index (χ1n) is 7.37. The molecule has 112 valence electrons. The van der Waals surface area contributed by atoms with E-state index in [-0.39, 0.29) is 0 Å². The predicted octanol–water partition coefficient (Wildman–Crippen LogP) is 4.67. The minimum Gasteiger partial charge on any atom is -0.399 e. The van der Waals surface area contributed by atoms with Crippen molar-refractivity contribution in [1.29, 1.82) is 0 Å². The topological polar surface area (TPSA) is 64.1 Å². The number of hydrogen-bond donors (Lipinski definition) is 3. The van der Waals surface area contributed by atoms with Crippen molar-refractivity contribution in [3.05, 3.63) is 59.2 Å². The van der Waals surface area contributed by atoms with Crippen molar-refractivity contribution < 1.29 is 0 Å². The van der Waals surface area contributed by atoms with E-state index in [0.717, 1.165) is 39.3 Å². The Morgan fingerprint density at radius 2 is 1.36 bits per heavy atom. The molecule has 3 nitrogen and oxygen atoms in total. The minimum absolute atomic E-state index is 0.789. The molecular formula is C19H21N3. The molecule has 0 fully saturated rings. The number of rotatable bonds is 2. The van der Waals surface area contributed by atoms with Crippen molar-refractivity contribution in [3.8, 4) is 0 Å². The van der Waals surface area contributed by atoms with E-state index in [1.165, 1.54) is 10.9 Å². The van der Waals surface area contributed by atoms with Crippen LogP contribution < -0.4 is 16.8 Å². The molecule has 0 saturated carbocycles. The maximum atomic E-state index is 5.96. The summed E-state index contributed by atoms with van der Waals surface area (Å²) < 4.78 is 0. The van der Waals surface area contributed by atoms with Crippen LogP contribution in [-0.4, -0.2) is 0 Å². The van der Waals surface area contributed by atoms with Crippen molar-refractivity contribution >= 4 is 33.5 Å². The van der Waals surface area contributed by atoms with Gasteiger partial charge >= 0.3 is 0 Å². The quantitative estimate of drug-likeness (QED) is 0.601. The maximum Gasteiger partial charge on any atom is 0.0420 e. The van der Waals surface area contributed by atoms with Gasteiger partial charge in [0.05, 0.1) is 0 Å². The van der Waals surface area contributed by atoms with Crippen LogP contribution in [0.5, 0.6) is 0 Å². The summed E-state index contributed by atoms with van der Waals surface area (Å²) >= 11 is 0. The number of fused-ring (bicyclic) bond motifs is 1. The fraction of sp³-hybridized carbons (Fsp3) is 0.158. The molecule has 0 aromatic heterocycles. The van der Waals surface area contributed by atoms with Gasteiger partial charge in [-0.25, -0.2) is 0 Å². The normalized spacial score (nSPS) is 10.9. The zero-order valence-electron chi connectivity index (χ0n) is 13.2. The Labute approximate surface area is 130 Å². The van der Waals surface area contributed by atoms with E-state index in [1.54, 1.807) is 0 Å². The molecule has 0 radical (unpaired) electrons. The third-order valence-electron chi connectivity index (χ3n) is 4.09. The summed E-state index contributed by atoms with van der Waals surface area (Å²) in [6, 6.07) is 14.4. The van der Waals surface area contributed by atoms with Gasteiger partial charge in [0.1, 0.15) is 0 Å². The third kappa shape index (κ3) is 2.58. The van der Waals surface area contributed by atoms with Gasteiger partial charge in [-0.2, -0.15) is 0 Å². The van der Waals surface area contributed by atoms with Crippen LogP contribution in [0.2, 0.25) is 0 Å². The van der Waals surface area contributed by atoms with Crippen LogP contribution >= 0.6 is 0 Å². The smallest absolute Gasteiger partial charge is 0.0420 e. The largest absolute Gasteiger partial charge is 0.399 e. The van der Waals surface area contributed by atoms with Crippen molar-refractivity contribution in [1.82, 2.24) is 0 Å². The first-order valence-corrected chi connectivity index (χ1v) is 7.37. The van der Waals surface area contributed by atoms with Gasteiger partial charge in [-0.15, -0.1) is 0 Å². The van der Waals surface area contributed by atoms with E-state index in [1.807, 2.05) is 25.1 Å². The number of aryl methyl sites for hydroxylation is 3. The van der Waals surface area contributed by atoms with Gasteiger partial charge in [0, 0.05) is 22.7 Å². The fourth-order valence-corrected chi connectivity index (χ4v) is 2.68. The molecule has 0 unspecified atom stereocenters. The summed E-state index contributed by atoms with van der Waals surface area (Å²) in [5.74, 6) is 0. The van der Waals surface area contributed by atoms with Gasteiger partial charge in [0.15, 0.2) is 0 Å². The van der Waals surface area contributed by atoms with Gasteiger partial charge in [-0.05, 0) is 84.6 Å². The molecule has 3 heteroatoms. The van der Waals surface area contributed by atoms with E-state index in [9.17, 15) is 0 Å². The van der Waals surface area contributed by atoms with Crippen LogP contribution in [0.3, 0.4) is 0 Å². The molecule has 0 saturated heterocycles. The lowest BCUT2D eigenvalue weighted by Gasteiger charge is -2.15. The number of hydrogen-bond acceptors (Lipinski definition) is 3. The molecule has 0 aliphatic heterocycles. The molecule has 22 heavy (non-hydrogen) atoms. The minimum atomic E-state index is 0.789. The summed E-state index contributed by atoms with van der Waals surface area (Å²) in [6.07, 6.45) is 0. The Hall–Kier alpha value is -2.68. The first kappa shape index (κ1) is 14.3. The summed E-state index contributed by atoms with van der Waals surface area (Å²) in [4.78, 5) is 0. The van der Waals surface area contributed by atoms with Gasteiger partial charge in [-0.3, -0.25) is 0 Å². The highest BCUT2D eigenvalue weighted by Crippen LogP contribution is 2.30. The van der Waals surface area contributed by atoms with E-state index < -0.39 is 0 Å². The van der Waals surface area contributed by atoms with Crippen LogP contribution in [0.25, 0.3) is 10.8 Å². The lowest BCUT2D eigenvalue weighted by Crippen LogP contribution is -1.99. The Kier molecular flexibility index (Phi) is 3.41. The number of anilines is 4. The molecule has 0 aliphatic carbocycles. The average molecular weight is 291 g/mol. The van der Waals surface area contributed by atoms with E-state index in [0.29, 0.717) is 0 Å².